The summed E-state index contributed by atoms with van der Waals surface area (Å²) in [4.78, 5) is 17.0. The van der Waals surface area contributed by atoms with Crippen LogP contribution in [0, 0.1) is 0 Å². The minimum atomic E-state index is -0.420. The Hall–Kier alpha value is -2.95. The van der Waals surface area contributed by atoms with Gasteiger partial charge >= 0.3 is 0 Å². The maximum atomic E-state index is 12.8. The van der Waals surface area contributed by atoms with Crippen LogP contribution in [0.2, 0.25) is 0 Å². The molecule has 24 heavy (non-hydrogen) atoms. The minimum absolute atomic E-state index is 0.0395. The molecule has 1 aromatic carbocycles. The molecule has 0 spiro atoms. The van der Waals surface area contributed by atoms with Gasteiger partial charge in [-0.1, -0.05) is 18.2 Å². The highest BCUT2D eigenvalue weighted by Gasteiger charge is 2.51. The fourth-order valence-electron chi connectivity index (χ4n) is 3.08. The molecule has 1 N–H and O–H groups in total. The van der Waals surface area contributed by atoms with E-state index in [2.05, 4.69) is 15.4 Å². The van der Waals surface area contributed by atoms with E-state index in [0.29, 0.717) is 0 Å². The molecule has 4 rings (SSSR count). The largest absolute Gasteiger partial charge is 0.325 e. The van der Waals surface area contributed by atoms with Crippen LogP contribution in [0.5, 0.6) is 0 Å². The monoisotopic (exact) mass is 318 g/mol. The highest BCUT2D eigenvalue weighted by Crippen LogP contribution is 2.48. The molecule has 1 amide bonds. The lowest BCUT2D eigenvalue weighted by atomic mass is 9.96. The van der Waals surface area contributed by atoms with Crippen molar-refractivity contribution in [2.45, 2.75) is 18.3 Å². The van der Waals surface area contributed by atoms with Gasteiger partial charge in [0.2, 0.25) is 5.91 Å². The van der Waals surface area contributed by atoms with Crippen LogP contribution >= 0.6 is 0 Å². The van der Waals surface area contributed by atoms with Crippen molar-refractivity contribution in [2.75, 3.05) is 5.32 Å². The average Bonchev–Trinajstić information content (AvgIpc) is 3.32. The second kappa shape index (κ2) is 5.60. The van der Waals surface area contributed by atoms with Crippen molar-refractivity contribution in [1.82, 2.24) is 14.8 Å². The zero-order chi connectivity index (χ0) is 16.6. The number of rotatable bonds is 4. The van der Waals surface area contributed by atoms with Crippen molar-refractivity contribution < 1.29 is 4.79 Å². The number of anilines is 1. The van der Waals surface area contributed by atoms with E-state index in [1.54, 1.807) is 18.6 Å². The third kappa shape index (κ3) is 2.48. The first kappa shape index (κ1) is 14.6. The molecule has 1 aliphatic carbocycles. The summed E-state index contributed by atoms with van der Waals surface area (Å²) in [6, 6.07) is 13.7. The van der Waals surface area contributed by atoms with Crippen LogP contribution in [0.4, 0.5) is 5.69 Å². The summed E-state index contributed by atoms with van der Waals surface area (Å²) in [5, 5.41) is 7.26. The molecule has 0 aliphatic heterocycles. The van der Waals surface area contributed by atoms with Crippen molar-refractivity contribution in [3.63, 3.8) is 0 Å². The molecule has 5 heteroatoms. The molecule has 1 fully saturated rings. The Kier molecular flexibility index (Phi) is 3.41. The van der Waals surface area contributed by atoms with E-state index in [4.69, 9.17) is 0 Å². The number of hydrogen-bond donors (Lipinski definition) is 1. The smallest absolute Gasteiger partial charge is 0.235 e. The maximum absolute atomic E-state index is 12.8. The topological polar surface area (TPSA) is 59.8 Å². The first-order chi connectivity index (χ1) is 11.7. The number of carbonyl (C=O) groups excluding carboxylic acids is 1. The predicted molar refractivity (Wildman–Crippen MR) is 92.4 cm³/mol. The molecular formula is C19H18N4O. The van der Waals surface area contributed by atoms with Crippen molar-refractivity contribution in [2.24, 2.45) is 7.05 Å². The molecule has 3 aromatic rings. The standard InChI is InChI=1S/C19H18N4O/c1-23-17(7-11-21-23)14-4-2-6-16(12-14)22-18(24)19(8-9-19)15-5-3-10-20-13-15/h2-7,10-13H,8-9H2,1H3,(H,22,24). The Morgan fingerprint density at radius 3 is 2.71 bits per heavy atom. The summed E-state index contributed by atoms with van der Waals surface area (Å²) >= 11 is 0. The van der Waals surface area contributed by atoms with Crippen LogP contribution in [0.1, 0.15) is 18.4 Å². The van der Waals surface area contributed by atoms with Crippen molar-refractivity contribution >= 4 is 11.6 Å². The number of carbonyl (C=O) groups is 1. The van der Waals surface area contributed by atoms with Gasteiger partial charge in [0.25, 0.3) is 0 Å². The van der Waals surface area contributed by atoms with Gasteiger partial charge in [-0.25, -0.2) is 0 Å². The summed E-state index contributed by atoms with van der Waals surface area (Å²) in [5.74, 6) is 0.0395. The lowest BCUT2D eigenvalue weighted by Gasteiger charge is -2.16. The van der Waals surface area contributed by atoms with Gasteiger partial charge < -0.3 is 5.32 Å². The molecule has 0 unspecified atom stereocenters. The van der Waals surface area contributed by atoms with Crippen molar-refractivity contribution in [1.29, 1.82) is 0 Å². The zero-order valence-electron chi connectivity index (χ0n) is 13.4. The predicted octanol–water partition coefficient (Wildman–Crippen LogP) is 3.15. The number of aryl methyl sites for hydroxylation is 1. The molecule has 0 saturated heterocycles. The Labute approximate surface area is 140 Å². The first-order valence-corrected chi connectivity index (χ1v) is 7.99. The number of nitrogens with zero attached hydrogens (tertiary/aromatic N) is 3. The molecule has 2 heterocycles. The van der Waals surface area contributed by atoms with E-state index >= 15 is 0 Å². The second-order valence-corrected chi connectivity index (χ2v) is 6.20. The fourth-order valence-corrected chi connectivity index (χ4v) is 3.08. The summed E-state index contributed by atoms with van der Waals surface area (Å²) in [6.07, 6.45) is 7.02. The minimum Gasteiger partial charge on any atom is -0.325 e. The Balaban J connectivity index is 1.58. The molecule has 1 aliphatic rings. The third-order valence-electron chi connectivity index (χ3n) is 4.64. The van der Waals surface area contributed by atoms with Gasteiger partial charge in [0.1, 0.15) is 0 Å². The van der Waals surface area contributed by atoms with Gasteiger partial charge in [-0.2, -0.15) is 5.10 Å². The Morgan fingerprint density at radius 2 is 2.04 bits per heavy atom. The first-order valence-electron chi connectivity index (χ1n) is 7.99. The Bertz CT molecular complexity index is 881. The van der Waals surface area contributed by atoms with Gasteiger partial charge in [0, 0.05) is 36.9 Å². The van der Waals surface area contributed by atoms with Gasteiger partial charge in [0.15, 0.2) is 0 Å². The summed E-state index contributed by atoms with van der Waals surface area (Å²) in [5.41, 5.74) is 3.41. The van der Waals surface area contributed by atoms with Crippen molar-refractivity contribution in [3.05, 3.63) is 66.6 Å². The zero-order valence-corrected chi connectivity index (χ0v) is 13.4. The second-order valence-electron chi connectivity index (χ2n) is 6.20. The molecule has 0 bridgehead atoms. The third-order valence-corrected chi connectivity index (χ3v) is 4.64. The molecule has 1 saturated carbocycles. The van der Waals surface area contributed by atoms with Crippen LogP contribution in [-0.4, -0.2) is 20.7 Å². The van der Waals surface area contributed by atoms with E-state index in [1.807, 2.05) is 54.2 Å². The normalized spacial score (nSPS) is 15.0. The van der Waals surface area contributed by atoms with Crippen LogP contribution in [0.15, 0.2) is 61.1 Å². The van der Waals surface area contributed by atoms with Crippen LogP contribution in [0.25, 0.3) is 11.3 Å². The number of benzene rings is 1. The molecule has 0 radical (unpaired) electrons. The summed E-state index contributed by atoms with van der Waals surface area (Å²) < 4.78 is 1.82. The number of amides is 1. The Morgan fingerprint density at radius 1 is 1.17 bits per heavy atom. The summed E-state index contributed by atoms with van der Waals surface area (Å²) in [7, 11) is 1.90. The van der Waals surface area contributed by atoms with Gasteiger partial charge in [0.05, 0.1) is 11.1 Å². The fraction of sp³-hybridized carbons (Fsp3) is 0.211. The maximum Gasteiger partial charge on any atom is 0.235 e. The van der Waals surface area contributed by atoms with E-state index in [9.17, 15) is 4.79 Å². The van der Waals surface area contributed by atoms with E-state index < -0.39 is 5.41 Å². The van der Waals surface area contributed by atoms with Crippen LogP contribution < -0.4 is 5.32 Å². The van der Waals surface area contributed by atoms with E-state index in [1.165, 1.54) is 0 Å². The van der Waals surface area contributed by atoms with Crippen molar-refractivity contribution in [3.8, 4) is 11.3 Å². The summed E-state index contributed by atoms with van der Waals surface area (Å²) in [6.45, 7) is 0. The number of aromatic nitrogens is 3. The molecule has 5 nitrogen and oxygen atoms in total. The van der Waals surface area contributed by atoms with E-state index in [0.717, 1.165) is 35.3 Å². The highest BCUT2D eigenvalue weighted by atomic mass is 16.2. The van der Waals surface area contributed by atoms with E-state index in [-0.39, 0.29) is 5.91 Å². The van der Waals surface area contributed by atoms with Crippen LogP contribution in [-0.2, 0) is 17.3 Å². The quantitative estimate of drug-likeness (QED) is 0.804. The lowest BCUT2D eigenvalue weighted by molar-refractivity contribution is -0.118. The van der Waals surface area contributed by atoms with Gasteiger partial charge in [-0.05, 0) is 42.7 Å². The lowest BCUT2D eigenvalue weighted by Crippen LogP contribution is -2.27. The van der Waals surface area contributed by atoms with Gasteiger partial charge in [-0.3, -0.25) is 14.5 Å². The number of pyridine rings is 1. The molecule has 2 aromatic heterocycles. The average molecular weight is 318 g/mol. The van der Waals surface area contributed by atoms with Crippen LogP contribution in [0.3, 0.4) is 0 Å². The molecule has 120 valence electrons. The SMILES string of the molecule is Cn1nccc1-c1cccc(NC(=O)C2(c3cccnc3)CC2)c1. The van der Waals surface area contributed by atoms with Gasteiger partial charge in [-0.15, -0.1) is 0 Å². The molecule has 0 atom stereocenters. The highest BCUT2D eigenvalue weighted by molar-refractivity contribution is 6.01. The molecular weight excluding hydrogens is 300 g/mol. The number of hydrogen-bond acceptors (Lipinski definition) is 3. The number of nitrogens with one attached hydrogen (secondary N) is 1.